The Labute approximate surface area is 337 Å². The van der Waals surface area contributed by atoms with Gasteiger partial charge in [-0.25, -0.2) is 9.59 Å². The number of unbranched alkanes of at least 4 members (excludes halogenated alkanes) is 12. The van der Waals surface area contributed by atoms with Crippen molar-refractivity contribution in [3.8, 4) is 23.0 Å². The van der Waals surface area contributed by atoms with E-state index in [1.165, 1.54) is 14.2 Å². The van der Waals surface area contributed by atoms with E-state index in [-0.39, 0.29) is 11.1 Å². The summed E-state index contributed by atoms with van der Waals surface area (Å²) in [4.78, 5) is 26.5. The Bertz CT molecular complexity index is 1850. The van der Waals surface area contributed by atoms with Crippen molar-refractivity contribution in [1.82, 2.24) is 0 Å². The second-order valence-corrected chi connectivity index (χ2v) is 15.1. The largest absolute Gasteiger partial charge is 0.490 e. The van der Waals surface area contributed by atoms with E-state index in [9.17, 15) is 9.59 Å². The predicted octanol–water partition coefficient (Wildman–Crippen LogP) is 13.3. The Kier molecular flexibility index (Phi) is 18.7. The van der Waals surface area contributed by atoms with Gasteiger partial charge in [-0.05, 0) is 98.9 Å². The van der Waals surface area contributed by atoms with E-state index >= 15 is 0 Å². The topological polar surface area (TPSA) is 89.5 Å². The fraction of sp³-hybridized carbons (Fsp3) is 0.565. The Hall–Kier alpha value is -3.72. The van der Waals surface area contributed by atoms with Crippen molar-refractivity contribution >= 4 is 60.2 Å². The van der Waals surface area contributed by atoms with Crippen LogP contribution < -0.4 is 18.9 Å². The molecule has 0 radical (unpaired) electrons. The first kappa shape index (κ1) is 44.0. The Morgan fingerprint density at radius 3 is 1.22 bits per heavy atom. The lowest BCUT2D eigenvalue weighted by molar-refractivity contribution is 0.0555. The first-order chi connectivity index (χ1) is 26.8. The van der Waals surface area contributed by atoms with Gasteiger partial charge in [0.1, 0.15) is 0 Å². The van der Waals surface area contributed by atoms with Crippen LogP contribution in [0.1, 0.15) is 151 Å². The van der Waals surface area contributed by atoms with Gasteiger partial charge in [0.2, 0.25) is 0 Å². The minimum atomic E-state index is -0.628. The molecule has 0 amide bonds. The van der Waals surface area contributed by atoms with Gasteiger partial charge in [-0.3, -0.25) is 0 Å². The summed E-state index contributed by atoms with van der Waals surface area (Å²) in [5, 5.41) is 4.96. The molecule has 4 aromatic carbocycles. The third-order valence-electron chi connectivity index (χ3n) is 10.1. The van der Waals surface area contributed by atoms with Gasteiger partial charge < -0.3 is 28.4 Å². The average Bonchev–Trinajstić information content (AvgIpc) is 3.20. The van der Waals surface area contributed by atoms with Crippen LogP contribution in [0.4, 0.5) is 0 Å². The molecule has 0 unspecified atom stereocenters. The number of carbonyl (C=O) groups excluding carboxylic acids is 2. The molecule has 0 aliphatic rings. The van der Waals surface area contributed by atoms with Gasteiger partial charge in [0.25, 0.3) is 0 Å². The maximum Gasteiger partial charge on any atom is 0.338 e. The minimum Gasteiger partial charge on any atom is -0.490 e. The summed E-state index contributed by atoms with van der Waals surface area (Å²) >= 11 is 4.01. The van der Waals surface area contributed by atoms with E-state index in [4.69, 9.17) is 28.4 Å². The molecular formula is C46H63BrO8. The zero-order valence-corrected chi connectivity index (χ0v) is 35.8. The van der Waals surface area contributed by atoms with Gasteiger partial charge in [-0.15, -0.1) is 0 Å². The Morgan fingerprint density at radius 1 is 0.455 bits per heavy atom. The van der Waals surface area contributed by atoms with Gasteiger partial charge >= 0.3 is 11.9 Å². The van der Waals surface area contributed by atoms with Crippen LogP contribution in [0.5, 0.6) is 23.0 Å². The number of ether oxygens (including phenoxy) is 6. The molecule has 0 N–H and O–H groups in total. The third-order valence-corrected chi connectivity index (χ3v) is 10.9. The van der Waals surface area contributed by atoms with Crippen LogP contribution in [0.2, 0.25) is 0 Å². The van der Waals surface area contributed by atoms with Crippen LogP contribution in [-0.2, 0) is 9.47 Å². The maximum atomic E-state index is 13.2. The molecule has 0 bridgehead atoms. The normalized spacial score (nSPS) is 11.3. The first-order valence-corrected chi connectivity index (χ1v) is 21.6. The molecule has 0 fully saturated rings. The molecule has 55 heavy (non-hydrogen) atoms. The van der Waals surface area contributed by atoms with E-state index in [1.807, 2.05) is 12.1 Å². The summed E-state index contributed by atoms with van der Waals surface area (Å²) in [5.41, 5.74) is 0.246. The molecule has 0 aliphatic carbocycles. The van der Waals surface area contributed by atoms with E-state index < -0.39 is 11.9 Å². The van der Waals surface area contributed by atoms with Gasteiger partial charge in [0.05, 0.1) is 56.2 Å². The van der Waals surface area contributed by atoms with E-state index in [0.717, 1.165) is 140 Å². The summed E-state index contributed by atoms with van der Waals surface area (Å²) in [7, 11) is 2.62. The van der Waals surface area contributed by atoms with Crippen molar-refractivity contribution in [2.24, 2.45) is 0 Å². The van der Waals surface area contributed by atoms with Gasteiger partial charge in [0.15, 0.2) is 23.0 Å². The number of fused-ring (bicyclic) bond motifs is 6. The number of carbonyl (C=O) groups is 2. The summed E-state index contributed by atoms with van der Waals surface area (Å²) in [5.74, 6) is 1.34. The van der Waals surface area contributed by atoms with Crippen molar-refractivity contribution in [3.05, 3.63) is 45.9 Å². The zero-order chi connectivity index (χ0) is 39.6. The summed E-state index contributed by atoms with van der Waals surface area (Å²) in [6, 6.07) is 9.58. The van der Waals surface area contributed by atoms with Gasteiger partial charge in [-0.1, -0.05) is 105 Å². The zero-order valence-electron chi connectivity index (χ0n) is 34.2. The molecule has 0 spiro atoms. The fourth-order valence-corrected chi connectivity index (χ4v) is 7.72. The van der Waals surface area contributed by atoms with E-state index in [1.54, 1.807) is 12.1 Å². The van der Waals surface area contributed by atoms with Crippen LogP contribution in [0.3, 0.4) is 0 Å². The summed E-state index contributed by atoms with van der Waals surface area (Å²) in [6.45, 7) is 11.0. The second kappa shape index (κ2) is 23.4. The lowest BCUT2D eigenvalue weighted by Crippen LogP contribution is -2.12. The van der Waals surface area contributed by atoms with Crippen molar-refractivity contribution < 1.29 is 38.0 Å². The predicted molar refractivity (Wildman–Crippen MR) is 228 cm³/mol. The lowest BCUT2D eigenvalue weighted by atomic mass is 9.90. The summed E-state index contributed by atoms with van der Waals surface area (Å²) < 4.78 is 37.2. The molecule has 9 heteroatoms. The number of hydrogen-bond donors (Lipinski definition) is 0. The molecule has 0 aromatic heterocycles. The summed E-state index contributed by atoms with van der Waals surface area (Å²) in [6.07, 6.45) is 17.2. The second-order valence-electron chi connectivity index (χ2n) is 14.3. The molecule has 0 saturated carbocycles. The highest BCUT2D eigenvalue weighted by Gasteiger charge is 2.26. The molecular weight excluding hydrogens is 760 g/mol. The van der Waals surface area contributed by atoms with Crippen LogP contribution in [-0.4, -0.2) is 52.6 Å². The van der Waals surface area contributed by atoms with E-state index in [2.05, 4.69) is 49.7 Å². The number of hydrogen-bond acceptors (Lipinski definition) is 8. The molecule has 0 atom stereocenters. The molecule has 8 nitrogen and oxygen atoms in total. The van der Waals surface area contributed by atoms with Crippen molar-refractivity contribution in [3.63, 3.8) is 0 Å². The molecule has 4 rings (SSSR count). The number of halogens is 1. The Balaban J connectivity index is 2.05. The average molecular weight is 824 g/mol. The van der Waals surface area contributed by atoms with Gasteiger partial charge in [-0.2, -0.15) is 0 Å². The first-order valence-electron chi connectivity index (χ1n) is 20.8. The number of benzene rings is 4. The quantitative estimate of drug-likeness (QED) is 0.0351. The van der Waals surface area contributed by atoms with Crippen molar-refractivity contribution in [1.29, 1.82) is 0 Å². The highest BCUT2D eigenvalue weighted by atomic mass is 79.9. The van der Waals surface area contributed by atoms with Crippen LogP contribution in [0.25, 0.3) is 32.3 Å². The fourth-order valence-electron chi connectivity index (χ4n) is 6.98. The lowest BCUT2D eigenvalue weighted by Gasteiger charge is -2.21. The number of esters is 2. The highest BCUT2D eigenvalue weighted by Crippen LogP contribution is 2.50. The van der Waals surface area contributed by atoms with Crippen LogP contribution in [0, 0.1) is 0 Å². The maximum absolute atomic E-state index is 13.2. The SMILES string of the molecule is CCCCCCOc1cc2c3cc(C(=O)OC)c(C(=O)OC)cc3c3cc(OCCCCCC)c(OCCCCCC)c(Br)c3c2cc1OCCCCCC. The molecule has 0 aliphatic heterocycles. The smallest absolute Gasteiger partial charge is 0.338 e. The standard InChI is InChI=1S/C46H63BrO8/c1-7-11-15-19-23-52-39-29-34-32-27-37(45(48)50-5)38(46(49)51-6)28-33(32)36-31-41(54-25-21-17-13-9-3)44(55-26-22-18-14-10-4)43(47)42(36)35(34)30-40(39)53-24-20-16-12-8-2/h27-31H,7-26H2,1-6H3. The third kappa shape index (κ3) is 11.7. The van der Waals surface area contributed by atoms with Crippen LogP contribution >= 0.6 is 15.9 Å². The van der Waals surface area contributed by atoms with Crippen molar-refractivity contribution in [2.75, 3.05) is 40.6 Å². The van der Waals surface area contributed by atoms with Crippen molar-refractivity contribution in [2.45, 2.75) is 130 Å². The Morgan fingerprint density at radius 2 is 0.800 bits per heavy atom. The number of rotatable bonds is 26. The minimum absolute atomic E-state index is 0.122. The van der Waals surface area contributed by atoms with Gasteiger partial charge in [0, 0.05) is 5.39 Å². The molecule has 4 aromatic rings. The monoisotopic (exact) mass is 822 g/mol. The molecule has 302 valence electrons. The van der Waals surface area contributed by atoms with Crippen LogP contribution in [0.15, 0.2) is 34.8 Å². The molecule has 0 saturated heterocycles. The van der Waals surface area contributed by atoms with E-state index in [0.29, 0.717) is 49.4 Å². The highest BCUT2D eigenvalue weighted by molar-refractivity contribution is 9.10. The number of methoxy groups -OCH3 is 2. The molecule has 0 heterocycles.